The van der Waals surface area contributed by atoms with E-state index >= 15 is 0 Å². The normalized spacial score (nSPS) is 17.2. The summed E-state index contributed by atoms with van der Waals surface area (Å²) in [5, 5.41) is 33.6. The van der Waals surface area contributed by atoms with Crippen molar-refractivity contribution in [1.82, 2.24) is 0 Å². The van der Waals surface area contributed by atoms with E-state index in [0.29, 0.717) is 10.8 Å². The van der Waals surface area contributed by atoms with Crippen molar-refractivity contribution in [2.75, 3.05) is 0 Å². The first-order chi connectivity index (χ1) is 17.4. The van der Waals surface area contributed by atoms with Crippen molar-refractivity contribution in [3.8, 4) is 17.2 Å². The molecule has 3 N–H and O–H groups in total. The molecule has 172 valence electrons. The van der Waals surface area contributed by atoms with E-state index in [4.69, 9.17) is 0 Å². The number of ketones is 3. The summed E-state index contributed by atoms with van der Waals surface area (Å²) in [6.45, 7) is 0. The van der Waals surface area contributed by atoms with Crippen LogP contribution >= 0.6 is 0 Å². The molecule has 0 fully saturated rings. The lowest BCUT2D eigenvalue weighted by molar-refractivity contribution is 0.0975. The lowest BCUT2D eigenvalue weighted by Crippen LogP contribution is -2.40. The number of carbonyl (C=O) groups is 3. The second-order valence-electron chi connectivity index (χ2n) is 8.83. The predicted octanol–water partition coefficient (Wildman–Crippen LogP) is 2.81. The molecule has 3 aliphatic rings. The lowest BCUT2D eigenvalue weighted by atomic mass is 9.82. The Kier molecular flexibility index (Phi) is 3.79. The zero-order chi connectivity index (χ0) is 24.9. The molecule has 0 saturated carbocycles. The third-order valence-corrected chi connectivity index (χ3v) is 6.92. The molecule has 4 aromatic carbocycles. The molecule has 7 rings (SSSR count). The molecule has 8 nitrogen and oxygen atoms in total. The largest absolute Gasteiger partial charge is 0.507 e. The van der Waals surface area contributed by atoms with Crippen molar-refractivity contribution in [1.29, 1.82) is 0 Å². The summed E-state index contributed by atoms with van der Waals surface area (Å²) in [6, 6.07) is 13.2. The van der Waals surface area contributed by atoms with Gasteiger partial charge in [0.25, 0.3) is 0 Å². The third kappa shape index (κ3) is 2.39. The van der Waals surface area contributed by atoms with Gasteiger partial charge in [0.05, 0.1) is 27.7 Å². The van der Waals surface area contributed by atoms with Crippen molar-refractivity contribution in [2.45, 2.75) is 6.04 Å². The molecule has 0 spiro atoms. The summed E-state index contributed by atoms with van der Waals surface area (Å²) in [4.78, 5) is 48.8. The number of hydrogen-bond acceptors (Lipinski definition) is 8. The third-order valence-electron chi connectivity index (χ3n) is 6.92. The van der Waals surface area contributed by atoms with Crippen molar-refractivity contribution >= 4 is 28.1 Å². The van der Waals surface area contributed by atoms with E-state index in [0.717, 1.165) is 0 Å². The standard InChI is InChI=1S/C28H14N2O6/c31-17-9-15-23(21-19(17)25(33)11-5-1-3-7-13(11)27(21)35)29-16-10-18(32)20-22(24(16)30-15)28(36)14-8-4-2-6-12(14)26(20)34/h1-10,23,32-33,35H. The molecule has 8 heteroatoms. The highest BCUT2D eigenvalue weighted by molar-refractivity contribution is 6.29. The summed E-state index contributed by atoms with van der Waals surface area (Å²) in [7, 11) is 0. The first kappa shape index (κ1) is 20.3. The van der Waals surface area contributed by atoms with Gasteiger partial charge < -0.3 is 15.3 Å². The number of rotatable bonds is 0. The van der Waals surface area contributed by atoms with Gasteiger partial charge in [-0.25, -0.2) is 4.99 Å². The van der Waals surface area contributed by atoms with Crippen LogP contribution in [-0.4, -0.2) is 32.7 Å². The summed E-state index contributed by atoms with van der Waals surface area (Å²) < 4.78 is 0. The fourth-order valence-corrected chi connectivity index (χ4v) is 5.32. The van der Waals surface area contributed by atoms with E-state index in [1.54, 1.807) is 36.4 Å². The number of fused-ring (bicyclic) bond motifs is 8. The number of phenols is 3. The number of hydrogen-bond donors (Lipinski definition) is 3. The highest BCUT2D eigenvalue weighted by Gasteiger charge is 2.38. The average Bonchev–Trinajstić information content (AvgIpc) is 2.88. The zero-order valence-corrected chi connectivity index (χ0v) is 18.3. The summed E-state index contributed by atoms with van der Waals surface area (Å²) in [5.41, 5.74) is 0.289. The molecule has 1 atom stereocenters. The monoisotopic (exact) mass is 474 g/mol. The molecule has 0 aromatic heterocycles. The average molecular weight is 474 g/mol. The van der Waals surface area contributed by atoms with Gasteiger partial charge in [0.2, 0.25) is 0 Å². The van der Waals surface area contributed by atoms with Crippen LogP contribution in [0.2, 0.25) is 0 Å². The van der Waals surface area contributed by atoms with Crippen LogP contribution in [-0.2, 0) is 0 Å². The van der Waals surface area contributed by atoms with E-state index in [1.807, 2.05) is 0 Å². The molecule has 1 heterocycles. The fraction of sp³-hybridized carbons (Fsp3) is 0.0357. The van der Waals surface area contributed by atoms with Crippen molar-refractivity contribution in [2.24, 2.45) is 9.98 Å². The molecule has 36 heavy (non-hydrogen) atoms. The molecular formula is C28H14N2O6. The molecule has 0 bridgehead atoms. The van der Waals surface area contributed by atoms with Gasteiger partial charge in [-0.2, -0.15) is 0 Å². The Morgan fingerprint density at radius 3 is 2.03 bits per heavy atom. The van der Waals surface area contributed by atoms with Crippen LogP contribution in [0.15, 0.2) is 76.4 Å². The molecular weight excluding hydrogens is 460 g/mol. The van der Waals surface area contributed by atoms with Gasteiger partial charge in [0.15, 0.2) is 17.3 Å². The van der Waals surface area contributed by atoms with Crippen LogP contribution in [0.1, 0.15) is 53.8 Å². The van der Waals surface area contributed by atoms with Gasteiger partial charge in [-0.1, -0.05) is 48.5 Å². The minimum absolute atomic E-state index is 0.0684. The maximum Gasteiger partial charge on any atom is 0.198 e. The van der Waals surface area contributed by atoms with Gasteiger partial charge >= 0.3 is 0 Å². The number of nitrogens with zero attached hydrogens (tertiary/aromatic N) is 2. The Hall–Kier alpha value is -5.11. The summed E-state index contributed by atoms with van der Waals surface area (Å²) in [6.07, 6.45) is 1.20. The molecule has 0 amide bonds. The van der Waals surface area contributed by atoms with E-state index in [-0.39, 0.29) is 61.3 Å². The van der Waals surface area contributed by atoms with Crippen LogP contribution in [0.5, 0.6) is 17.2 Å². The van der Waals surface area contributed by atoms with Crippen molar-refractivity contribution in [3.05, 3.63) is 110 Å². The predicted molar refractivity (Wildman–Crippen MR) is 126 cm³/mol. The maximum atomic E-state index is 13.4. The highest BCUT2D eigenvalue weighted by atomic mass is 16.3. The van der Waals surface area contributed by atoms with Crippen LogP contribution in [0.25, 0.3) is 10.8 Å². The number of benzene rings is 4. The Bertz CT molecular complexity index is 1940. The molecule has 4 aromatic rings. The van der Waals surface area contributed by atoms with E-state index in [9.17, 15) is 29.7 Å². The maximum absolute atomic E-state index is 13.4. The number of aromatic hydroxyl groups is 3. The van der Waals surface area contributed by atoms with E-state index in [1.165, 1.54) is 24.3 Å². The van der Waals surface area contributed by atoms with Crippen LogP contribution < -0.4 is 10.7 Å². The van der Waals surface area contributed by atoms with Gasteiger partial charge in [0.1, 0.15) is 28.6 Å². The number of allylic oxidation sites excluding steroid dienone is 1. The lowest BCUT2D eigenvalue weighted by Gasteiger charge is -2.27. The second kappa shape index (κ2) is 6.73. The van der Waals surface area contributed by atoms with E-state index < -0.39 is 29.1 Å². The minimum atomic E-state index is -0.972. The van der Waals surface area contributed by atoms with Crippen LogP contribution in [0.4, 0.5) is 0 Å². The Morgan fingerprint density at radius 1 is 0.722 bits per heavy atom. The van der Waals surface area contributed by atoms with Gasteiger partial charge in [-0.15, -0.1) is 0 Å². The molecule has 0 radical (unpaired) electrons. The fourth-order valence-electron chi connectivity index (χ4n) is 5.32. The highest BCUT2D eigenvalue weighted by Crippen LogP contribution is 2.48. The molecule has 1 unspecified atom stereocenters. The number of carbonyl (C=O) groups excluding carboxylic acids is 3. The van der Waals surface area contributed by atoms with Gasteiger partial charge in [-0.05, 0) is 0 Å². The molecule has 0 saturated heterocycles. The van der Waals surface area contributed by atoms with E-state index in [2.05, 4.69) is 9.98 Å². The van der Waals surface area contributed by atoms with Gasteiger partial charge in [0, 0.05) is 39.6 Å². The molecule has 2 aliphatic carbocycles. The Morgan fingerprint density at radius 2 is 1.33 bits per heavy atom. The SMILES string of the molecule is O=C1c2ccccc2C(=O)c2c1c(O)cc1c2=NC2=CC(=O)c3c(c(O)c4ccccc4c3O)C2N=1. The van der Waals surface area contributed by atoms with Crippen LogP contribution in [0.3, 0.4) is 0 Å². The van der Waals surface area contributed by atoms with Crippen molar-refractivity contribution < 1.29 is 29.7 Å². The minimum Gasteiger partial charge on any atom is -0.507 e. The van der Waals surface area contributed by atoms with Crippen LogP contribution in [0, 0.1) is 0 Å². The topological polar surface area (TPSA) is 137 Å². The smallest absolute Gasteiger partial charge is 0.198 e. The quantitative estimate of drug-likeness (QED) is 0.295. The Labute approximate surface area is 201 Å². The first-order valence-corrected chi connectivity index (χ1v) is 11.1. The summed E-state index contributed by atoms with van der Waals surface area (Å²) >= 11 is 0. The zero-order valence-electron chi connectivity index (χ0n) is 18.3. The van der Waals surface area contributed by atoms with Crippen molar-refractivity contribution in [3.63, 3.8) is 0 Å². The van der Waals surface area contributed by atoms with Gasteiger partial charge in [-0.3, -0.25) is 19.4 Å². The Balaban J connectivity index is 1.55. The first-order valence-electron chi connectivity index (χ1n) is 11.1. The summed E-state index contributed by atoms with van der Waals surface area (Å²) in [5.74, 6) is -2.47. The number of phenolic OH excluding ortho intramolecular Hbond substituents is 3. The second-order valence-corrected chi connectivity index (χ2v) is 8.83. The molecule has 1 aliphatic heterocycles.